The number of thiophene rings is 1. The highest BCUT2D eigenvalue weighted by atomic mass is 32.1. The minimum atomic E-state index is -0.180. The van der Waals surface area contributed by atoms with Gasteiger partial charge < -0.3 is 14.8 Å². The second-order valence-electron chi connectivity index (χ2n) is 5.83. The highest BCUT2D eigenvalue weighted by Gasteiger charge is 2.11. The topological polar surface area (TPSA) is 30.5 Å². The van der Waals surface area contributed by atoms with Gasteiger partial charge in [-0.05, 0) is 35.9 Å². The Kier molecular flexibility index (Phi) is 4.68. The van der Waals surface area contributed by atoms with Crippen molar-refractivity contribution in [1.82, 2.24) is 5.32 Å². The Morgan fingerprint density at radius 1 is 0.920 bits per heavy atom. The van der Waals surface area contributed by atoms with Crippen molar-refractivity contribution in [3.63, 3.8) is 0 Å². The number of hydrogen-bond acceptors (Lipinski definition) is 4. The second kappa shape index (κ2) is 7.25. The summed E-state index contributed by atoms with van der Waals surface area (Å²) in [5, 5.41) is 3.42. The van der Waals surface area contributed by atoms with Crippen LogP contribution in [0.5, 0.6) is 11.5 Å². The zero-order valence-corrected chi connectivity index (χ0v) is 14.4. The van der Waals surface area contributed by atoms with Crippen LogP contribution in [0.15, 0.2) is 54.6 Å². The van der Waals surface area contributed by atoms with Crippen LogP contribution in [0, 0.1) is 5.82 Å². The van der Waals surface area contributed by atoms with Crippen LogP contribution in [0.25, 0.3) is 10.4 Å². The van der Waals surface area contributed by atoms with Crippen LogP contribution in [0.2, 0.25) is 0 Å². The molecule has 1 aliphatic rings. The van der Waals surface area contributed by atoms with Gasteiger partial charge in [0.15, 0.2) is 11.5 Å². The molecular weight excluding hydrogens is 337 g/mol. The van der Waals surface area contributed by atoms with E-state index in [1.54, 1.807) is 17.4 Å². The zero-order valence-electron chi connectivity index (χ0n) is 13.6. The van der Waals surface area contributed by atoms with Gasteiger partial charge in [0.1, 0.15) is 19.0 Å². The van der Waals surface area contributed by atoms with Crippen molar-refractivity contribution in [3.05, 3.63) is 70.9 Å². The Balaban J connectivity index is 1.37. The maximum absolute atomic E-state index is 13.9. The van der Waals surface area contributed by atoms with Crippen LogP contribution in [-0.4, -0.2) is 13.2 Å². The van der Waals surface area contributed by atoms with Crippen molar-refractivity contribution in [2.75, 3.05) is 13.2 Å². The van der Waals surface area contributed by atoms with E-state index in [4.69, 9.17) is 9.47 Å². The molecule has 25 heavy (non-hydrogen) atoms. The summed E-state index contributed by atoms with van der Waals surface area (Å²) in [6.45, 7) is 2.68. The van der Waals surface area contributed by atoms with Crippen LogP contribution in [0.3, 0.4) is 0 Å². The summed E-state index contributed by atoms with van der Waals surface area (Å²) in [5.41, 5.74) is 1.81. The average Bonchev–Trinajstić information content (AvgIpc) is 3.11. The van der Waals surface area contributed by atoms with E-state index in [0.29, 0.717) is 18.8 Å². The molecule has 0 atom stereocenters. The summed E-state index contributed by atoms with van der Waals surface area (Å²) in [6, 6.07) is 16.9. The van der Waals surface area contributed by atoms with E-state index in [1.807, 2.05) is 42.5 Å². The molecule has 128 valence electrons. The Bertz CT molecular complexity index is 878. The Labute approximate surface area is 150 Å². The summed E-state index contributed by atoms with van der Waals surface area (Å²) < 4.78 is 25.0. The standard InChI is InChI=1S/C20H18FNO2S/c21-17-4-2-1-3-16(17)20-8-6-15(25-20)13-22-12-14-5-7-18-19(11-14)24-10-9-23-18/h1-8,11,22H,9-10,12-13H2. The van der Waals surface area contributed by atoms with Crippen molar-refractivity contribution in [3.8, 4) is 21.9 Å². The average molecular weight is 355 g/mol. The summed E-state index contributed by atoms with van der Waals surface area (Å²) in [4.78, 5) is 2.13. The van der Waals surface area contributed by atoms with Gasteiger partial charge in [-0.15, -0.1) is 11.3 Å². The molecule has 5 heteroatoms. The molecule has 0 bridgehead atoms. The largest absolute Gasteiger partial charge is 0.486 e. The van der Waals surface area contributed by atoms with Crippen molar-refractivity contribution in [2.24, 2.45) is 0 Å². The van der Waals surface area contributed by atoms with Crippen molar-refractivity contribution < 1.29 is 13.9 Å². The molecule has 3 aromatic rings. The Morgan fingerprint density at radius 2 is 1.76 bits per heavy atom. The van der Waals surface area contributed by atoms with Gasteiger partial charge in [0, 0.05) is 28.4 Å². The smallest absolute Gasteiger partial charge is 0.161 e. The molecule has 0 aliphatic carbocycles. The maximum Gasteiger partial charge on any atom is 0.161 e. The molecule has 2 heterocycles. The van der Waals surface area contributed by atoms with E-state index in [0.717, 1.165) is 35.0 Å². The fourth-order valence-corrected chi connectivity index (χ4v) is 3.81. The van der Waals surface area contributed by atoms with Gasteiger partial charge in [0.25, 0.3) is 0 Å². The molecule has 3 nitrogen and oxygen atoms in total. The van der Waals surface area contributed by atoms with Gasteiger partial charge in [-0.2, -0.15) is 0 Å². The predicted octanol–water partition coefficient (Wildman–Crippen LogP) is 4.62. The first-order chi connectivity index (χ1) is 12.3. The number of hydrogen-bond donors (Lipinski definition) is 1. The SMILES string of the molecule is Fc1ccccc1-c1ccc(CNCc2ccc3c(c2)OCCO3)s1. The molecule has 1 aromatic heterocycles. The van der Waals surface area contributed by atoms with Crippen LogP contribution < -0.4 is 14.8 Å². The van der Waals surface area contributed by atoms with E-state index in [2.05, 4.69) is 5.32 Å². The quantitative estimate of drug-likeness (QED) is 0.725. The molecular formula is C20H18FNO2S. The molecule has 0 fully saturated rings. The fraction of sp³-hybridized carbons (Fsp3) is 0.200. The highest BCUT2D eigenvalue weighted by molar-refractivity contribution is 7.15. The van der Waals surface area contributed by atoms with E-state index >= 15 is 0 Å². The Hall–Kier alpha value is -2.37. The van der Waals surface area contributed by atoms with Gasteiger partial charge in [-0.25, -0.2) is 4.39 Å². The molecule has 2 aromatic carbocycles. The molecule has 0 spiro atoms. The summed E-state index contributed by atoms with van der Waals surface area (Å²) >= 11 is 1.61. The third kappa shape index (κ3) is 3.67. The number of benzene rings is 2. The lowest BCUT2D eigenvalue weighted by Gasteiger charge is -2.18. The van der Waals surface area contributed by atoms with E-state index in [1.165, 1.54) is 10.9 Å². The first-order valence-electron chi connectivity index (χ1n) is 8.22. The van der Waals surface area contributed by atoms with Crippen LogP contribution in [0.1, 0.15) is 10.4 Å². The minimum absolute atomic E-state index is 0.180. The summed E-state index contributed by atoms with van der Waals surface area (Å²) in [6.07, 6.45) is 0. The third-order valence-electron chi connectivity index (χ3n) is 4.04. The molecule has 0 unspecified atom stereocenters. The first kappa shape index (κ1) is 16.1. The van der Waals surface area contributed by atoms with Crippen LogP contribution in [0.4, 0.5) is 4.39 Å². The number of nitrogens with one attached hydrogen (secondary N) is 1. The van der Waals surface area contributed by atoms with Crippen molar-refractivity contribution in [2.45, 2.75) is 13.1 Å². The highest BCUT2D eigenvalue weighted by Crippen LogP contribution is 2.31. The van der Waals surface area contributed by atoms with Crippen LogP contribution in [-0.2, 0) is 13.1 Å². The summed E-state index contributed by atoms with van der Waals surface area (Å²) in [5.74, 6) is 1.44. The number of fused-ring (bicyclic) bond motifs is 1. The molecule has 0 saturated heterocycles. The van der Waals surface area contributed by atoms with E-state index in [9.17, 15) is 4.39 Å². The van der Waals surface area contributed by atoms with Gasteiger partial charge >= 0.3 is 0 Å². The van der Waals surface area contributed by atoms with Gasteiger partial charge in [-0.3, -0.25) is 0 Å². The van der Waals surface area contributed by atoms with E-state index in [-0.39, 0.29) is 5.82 Å². The summed E-state index contributed by atoms with van der Waals surface area (Å²) in [7, 11) is 0. The molecule has 0 radical (unpaired) electrons. The number of rotatable bonds is 5. The van der Waals surface area contributed by atoms with Crippen LogP contribution >= 0.6 is 11.3 Å². The third-order valence-corrected chi connectivity index (χ3v) is 5.15. The molecule has 0 saturated carbocycles. The Morgan fingerprint density at radius 3 is 2.64 bits per heavy atom. The lowest BCUT2D eigenvalue weighted by atomic mass is 10.2. The van der Waals surface area contributed by atoms with Gasteiger partial charge in [0.2, 0.25) is 0 Å². The first-order valence-corrected chi connectivity index (χ1v) is 9.04. The second-order valence-corrected chi connectivity index (χ2v) is 7.00. The number of halogens is 1. The minimum Gasteiger partial charge on any atom is -0.486 e. The predicted molar refractivity (Wildman–Crippen MR) is 97.7 cm³/mol. The number of ether oxygens (including phenoxy) is 2. The zero-order chi connectivity index (χ0) is 17.1. The fourth-order valence-electron chi connectivity index (χ4n) is 2.81. The molecule has 1 N–H and O–H groups in total. The molecule has 1 aliphatic heterocycles. The van der Waals surface area contributed by atoms with Crippen molar-refractivity contribution in [1.29, 1.82) is 0 Å². The van der Waals surface area contributed by atoms with Gasteiger partial charge in [-0.1, -0.05) is 24.3 Å². The molecule has 0 amide bonds. The lowest BCUT2D eigenvalue weighted by Crippen LogP contribution is -2.16. The monoisotopic (exact) mass is 355 g/mol. The van der Waals surface area contributed by atoms with Crippen molar-refractivity contribution >= 4 is 11.3 Å². The maximum atomic E-state index is 13.9. The normalized spacial score (nSPS) is 13.0. The molecule has 4 rings (SSSR count). The lowest BCUT2D eigenvalue weighted by molar-refractivity contribution is 0.171. The van der Waals surface area contributed by atoms with E-state index < -0.39 is 0 Å². The van der Waals surface area contributed by atoms with Gasteiger partial charge in [0.05, 0.1) is 0 Å².